The maximum Gasteiger partial charge on any atom is 0.432 e. The number of amides is 3. The summed E-state index contributed by atoms with van der Waals surface area (Å²) in [6.45, 7) is 2.43. The minimum absolute atomic E-state index is 0.244. The van der Waals surface area contributed by atoms with Crippen LogP contribution in [0.5, 0.6) is 0 Å². The van der Waals surface area contributed by atoms with E-state index < -0.39 is 17.9 Å². The molecule has 0 aliphatic carbocycles. The molecule has 0 saturated carbocycles. The van der Waals surface area contributed by atoms with Crippen LogP contribution in [0.25, 0.3) is 0 Å². The largest absolute Gasteiger partial charge is 0.432 e. The molecule has 6 heteroatoms. The van der Waals surface area contributed by atoms with Gasteiger partial charge in [-0.1, -0.05) is 30.5 Å². The topological polar surface area (TPSA) is 75.7 Å². The number of benzene rings is 1. The zero-order valence-electron chi connectivity index (χ0n) is 10.5. The van der Waals surface area contributed by atoms with Crippen molar-refractivity contribution in [3.05, 3.63) is 35.4 Å². The summed E-state index contributed by atoms with van der Waals surface area (Å²) in [6.07, 6.45) is 0.924. The van der Waals surface area contributed by atoms with Crippen molar-refractivity contribution in [2.75, 3.05) is 6.54 Å². The fourth-order valence-electron chi connectivity index (χ4n) is 1.73. The molecular formula is C13H14N2O4. The van der Waals surface area contributed by atoms with Crippen LogP contribution in [0.4, 0.5) is 4.79 Å². The first-order valence-corrected chi connectivity index (χ1v) is 6.08. The molecule has 0 saturated heterocycles. The summed E-state index contributed by atoms with van der Waals surface area (Å²) in [5.41, 5.74) is 0.489. The zero-order valence-corrected chi connectivity index (χ0v) is 10.5. The van der Waals surface area contributed by atoms with Gasteiger partial charge < -0.3 is 10.2 Å². The van der Waals surface area contributed by atoms with Gasteiger partial charge in [-0.25, -0.2) is 4.79 Å². The van der Waals surface area contributed by atoms with Gasteiger partial charge in [0.05, 0.1) is 11.1 Å². The molecule has 6 nitrogen and oxygen atoms in total. The summed E-state index contributed by atoms with van der Waals surface area (Å²) in [6, 6.07) is 6.34. The molecule has 3 amide bonds. The van der Waals surface area contributed by atoms with Crippen molar-refractivity contribution in [2.45, 2.75) is 19.8 Å². The van der Waals surface area contributed by atoms with Crippen molar-refractivity contribution >= 4 is 17.9 Å². The fraction of sp³-hybridized carbons (Fsp3) is 0.308. The normalized spacial score (nSPS) is 13.4. The third kappa shape index (κ3) is 2.57. The molecule has 100 valence electrons. The summed E-state index contributed by atoms with van der Waals surface area (Å²) in [4.78, 5) is 39.9. The van der Waals surface area contributed by atoms with Crippen LogP contribution in [0.2, 0.25) is 0 Å². The Morgan fingerprint density at radius 3 is 2.32 bits per heavy atom. The van der Waals surface area contributed by atoms with Crippen LogP contribution in [0.1, 0.15) is 40.5 Å². The van der Waals surface area contributed by atoms with Crippen molar-refractivity contribution < 1.29 is 19.2 Å². The van der Waals surface area contributed by atoms with Gasteiger partial charge in [0.1, 0.15) is 0 Å². The van der Waals surface area contributed by atoms with Crippen LogP contribution < -0.4 is 5.32 Å². The van der Waals surface area contributed by atoms with Crippen molar-refractivity contribution in [1.82, 2.24) is 10.4 Å². The SMILES string of the molecule is CCCCNC(=O)ON1C(=O)c2ccccc2C1=O. The van der Waals surface area contributed by atoms with Gasteiger partial charge in [-0.15, -0.1) is 0 Å². The average molecular weight is 262 g/mol. The first-order chi connectivity index (χ1) is 9.15. The van der Waals surface area contributed by atoms with E-state index in [0.717, 1.165) is 12.8 Å². The third-order valence-electron chi connectivity index (χ3n) is 2.73. The number of fused-ring (bicyclic) bond motifs is 1. The highest BCUT2D eigenvalue weighted by atomic mass is 16.7. The molecule has 0 spiro atoms. The van der Waals surface area contributed by atoms with E-state index in [-0.39, 0.29) is 11.1 Å². The van der Waals surface area contributed by atoms with Crippen molar-refractivity contribution in [3.63, 3.8) is 0 Å². The summed E-state index contributed by atoms with van der Waals surface area (Å²) in [5.74, 6) is -1.24. The van der Waals surface area contributed by atoms with Gasteiger partial charge in [0, 0.05) is 6.54 Å². The minimum Gasteiger partial charge on any atom is -0.320 e. The molecule has 1 aliphatic heterocycles. The molecule has 0 radical (unpaired) electrons. The molecule has 1 aromatic carbocycles. The lowest BCUT2D eigenvalue weighted by Gasteiger charge is -2.12. The Kier molecular flexibility index (Phi) is 3.79. The quantitative estimate of drug-likeness (QED) is 0.662. The summed E-state index contributed by atoms with van der Waals surface area (Å²) >= 11 is 0. The number of carbonyl (C=O) groups is 3. The predicted octanol–water partition coefficient (Wildman–Crippen LogP) is 1.72. The fourth-order valence-corrected chi connectivity index (χ4v) is 1.73. The van der Waals surface area contributed by atoms with Gasteiger partial charge in [0.2, 0.25) is 0 Å². The Labute approximate surface area is 110 Å². The molecule has 0 bridgehead atoms. The van der Waals surface area contributed by atoms with Crippen LogP contribution in [-0.4, -0.2) is 29.5 Å². The highest BCUT2D eigenvalue weighted by Gasteiger charge is 2.38. The Balaban J connectivity index is 2.02. The monoisotopic (exact) mass is 262 g/mol. The van der Waals surface area contributed by atoms with E-state index in [1.54, 1.807) is 12.1 Å². The molecule has 0 unspecified atom stereocenters. The number of hydrogen-bond donors (Lipinski definition) is 1. The van der Waals surface area contributed by atoms with Crippen LogP contribution >= 0.6 is 0 Å². The number of nitrogens with zero attached hydrogens (tertiary/aromatic N) is 1. The number of hydroxylamine groups is 2. The highest BCUT2D eigenvalue weighted by Crippen LogP contribution is 2.22. The minimum atomic E-state index is -0.803. The third-order valence-corrected chi connectivity index (χ3v) is 2.73. The van der Waals surface area contributed by atoms with E-state index in [1.165, 1.54) is 12.1 Å². The smallest absolute Gasteiger partial charge is 0.320 e. The zero-order chi connectivity index (χ0) is 13.8. The van der Waals surface area contributed by atoms with Gasteiger partial charge in [0.25, 0.3) is 11.8 Å². The number of rotatable bonds is 4. The first-order valence-electron chi connectivity index (χ1n) is 6.08. The second-order valence-corrected chi connectivity index (χ2v) is 4.11. The van der Waals surface area contributed by atoms with Gasteiger partial charge >= 0.3 is 6.09 Å². The molecule has 19 heavy (non-hydrogen) atoms. The summed E-state index contributed by atoms with van der Waals surface area (Å²) in [5, 5.41) is 2.96. The van der Waals surface area contributed by atoms with Crippen LogP contribution in [0.3, 0.4) is 0 Å². The molecule has 1 N–H and O–H groups in total. The Bertz CT molecular complexity index is 492. The molecule has 0 aromatic heterocycles. The van der Waals surface area contributed by atoms with E-state index in [0.29, 0.717) is 11.6 Å². The maximum absolute atomic E-state index is 11.9. The van der Waals surface area contributed by atoms with E-state index in [4.69, 9.17) is 4.84 Å². The van der Waals surface area contributed by atoms with Crippen molar-refractivity contribution in [1.29, 1.82) is 0 Å². The highest BCUT2D eigenvalue weighted by molar-refractivity contribution is 6.20. The predicted molar refractivity (Wildman–Crippen MR) is 66.3 cm³/mol. The second kappa shape index (κ2) is 5.51. The van der Waals surface area contributed by atoms with Gasteiger partial charge in [0.15, 0.2) is 0 Å². The summed E-state index contributed by atoms with van der Waals surface area (Å²) < 4.78 is 0. The van der Waals surface area contributed by atoms with Crippen molar-refractivity contribution in [2.24, 2.45) is 0 Å². The van der Waals surface area contributed by atoms with Crippen LogP contribution in [-0.2, 0) is 4.84 Å². The number of imide groups is 1. The van der Waals surface area contributed by atoms with Crippen molar-refractivity contribution in [3.8, 4) is 0 Å². The molecule has 1 aromatic rings. The maximum atomic E-state index is 11.9. The lowest BCUT2D eigenvalue weighted by atomic mass is 10.1. The molecule has 2 rings (SSSR count). The Hall–Kier alpha value is -2.37. The van der Waals surface area contributed by atoms with Crippen LogP contribution in [0.15, 0.2) is 24.3 Å². The molecule has 0 atom stereocenters. The Morgan fingerprint density at radius 2 is 1.79 bits per heavy atom. The average Bonchev–Trinajstić information content (AvgIpc) is 2.65. The van der Waals surface area contributed by atoms with Gasteiger partial charge in [-0.3, -0.25) is 9.59 Å². The van der Waals surface area contributed by atoms with E-state index >= 15 is 0 Å². The van der Waals surface area contributed by atoms with E-state index in [2.05, 4.69) is 5.32 Å². The van der Waals surface area contributed by atoms with Gasteiger partial charge in [-0.05, 0) is 18.6 Å². The standard InChI is InChI=1S/C13H14N2O4/c1-2-3-8-14-13(18)19-15-11(16)9-6-4-5-7-10(9)12(15)17/h4-7H,2-3,8H2,1H3,(H,14,18). The molecule has 1 heterocycles. The summed E-state index contributed by atoms with van der Waals surface area (Å²) in [7, 11) is 0. The first kappa shape index (κ1) is 13.1. The molecule has 1 aliphatic rings. The Morgan fingerprint density at radius 1 is 1.21 bits per heavy atom. The number of unbranched alkanes of at least 4 members (excludes halogenated alkanes) is 1. The van der Waals surface area contributed by atoms with E-state index in [1.807, 2.05) is 6.92 Å². The second-order valence-electron chi connectivity index (χ2n) is 4.11. The van der Waals surface area contributed by atoms with Crippen LogP contribution in [0, 0.1) is 0 Å². The molecular weight excluding hydrogens is 248 g/mol. The lowest BCUT2D eigenvalue weighted by Crippen LogP contribution is -2.37. The number of hydrogen-bond acceptors (Lipinski definition) is 4. The number of carbonyl (C=O) groups excluding carboxylic acids is 3. The molecule has 0 fully saturated rings. The van der Waals surface area contributed by atoms with E-state index in [9.17, 15) is 14.4 Å². The van der Waals surface area contributed by atoms with Gasteiger partial charge in [-0.2, -0.15) is 0 Å². The lowest BCUT2D eigenvalue weighted by molar-refractivity contribution is -0.0448. The number of nitrogens with one attached hydrogen (secondary N) is 1.